The SMILES string of the molecule is COc1ccc(C(=O)N2CCN(C(=O)c3cc4ccccc4cc3NC(=O)C3CC3)CC2)c(OC)c1. The number of hydrogen-bond acceptors (Lipinski definition) is 5. The number of carbonyl (C=O) groups excluding carboxylic acids is 3. The summed E-state index contributed by atoms with van der Waals surface area (Å²) in [6, 6.07) is 16.6. The summed E-state index contributed by atoms with van der Waals surface area (Å²) in [6.07, 6.45) is 1.77. The molecule has 1 saturated carbocycles. The third-order valence-electron chi connectivity index (χ3n) is 6.82. The third-order valence-corrected chi connectivity index (χ3v) is 6.82. The van der Waals surface area contributed by atoms with Crippen LogP contribution < -0.4 is 14.8 Å². The average molecular weight is 488 g/mol. The first kappa shape index (κ1) is 23.7. The van der Waals surface area contributed by atoms with Crippen molar-refractivity contribution in [3.63, 3.8) is 0 Å². The van der Waals surface area contributed by atoms with Gasteiger partial charge in [-0.1, -0.05) is 24.3 Å². The Morgan fingerprint density at radius 1 is 0.778 bits per heavy atom. The van der Waals surface area contributed by atoms with Gasteiger partial charge in [-0.2, -0.15) is 0 Å². The number of amides is 3. The molecule has 3 aromatic carbocycles. The molecule has 0 bridgehead atoms. The molecule has 1 N–H and O–H groups in total. The Hall–Kier alpha value is -4.07. The zero-order valence-corrected chi connectivity index (χ0v) is 20.5. The van der Waals surface area contributed by atoms with Gasteiger partial charge in [-0.3, -0.25) is 14.4 Å². The van der Waals surface area contributed by atoms with Gasteiger partial charge in [0.05, 0.1) is 31.0 Å². The fraction of sp³-hybridized carbons (Fsp3) is 0.321. The molecule has 3 aromatic rings. The molecule has 2 fully saturated rings. The summed E-state index contributed by atoms with van der Waals surface area (Å²) >= 11 is 0. The Labute approximate surface area is 209 Å². The van der Waals surface area contributed by atoms with Crippen LogP contribution in [0.3, 0.4) is 0 Å². The van der Waals surface area contributed by atoms with Crippen molar-refractivity contribution in [1.29, 1.82) is 0 Å². The molecule has 5 rings (SSSR count). The smallest absolute Gasteiger partial charge is 0.257 e. The molecule has 0 spiro atoms. The highest BCUT2D eigenvalue weighted by Gasteiger charge is 2.32. The van der Waals surface area contributed by atoms with Crippen molar-refractivity contribution >= 4 is 34.2 Å². The van der Waals surface area contributed by atoms with E-state index >= 15 is 0 Å². The van der Waals surface area contributed by atoms with Crippen LogP contribution in [0.2, 0.25) is 0 Å². The van der Waals surface area contributed by atoms with E-state index in [1.54, 1.807) is 35.1 Å². The summed E-state index contributed by atoms with van der Waals surface area (Å²) < 4.78 is 10.6. The maximum absolute atomic E-state index is 13.6. The average Bonchev–Trinajstić information content (AvgIpc) is 3.77. The standard InChI is InChI=1S/C28H29N3O5/c1-35-21-9-10-22(25(17-21)36-2)27(33)30-11-13-31(14-12-30)28(34)23-15-19-5-3-4-6-20(19)16-24(23)29-26(32)18-7-8-18/h3-6,9-10,15-18H,7-8,11-14H2,1-2H3,(H,29,32). The topological polar surface area (TPSA) is 88.2 Å². The second kappa shape index (κ2) is 9.89. The maximum Gasteiger partial charge on any atom is 0.257 e. The summed E-state index contributed by atoms with van der Waals surface area (Å²) in [4.78, 5) is 42.7. The fourth-order valence-corrected chi connectivity index (χ4v) is 4.53. The van der Waals surface area contributed by atoms with Crippen molar-refractivity contribution in [2.45, 2.75) is 12.8 Å². The van der Waals surface area contributed by atoms with Gasteiger partial charge in [0, 0.05) is 38.2 Å². The first-order valence-electron chi connectivity index (χ1n) is 12.1. The molecule has 8 nitrogen and oxygen atoms in total. The van der Waals surface area contributed by atoms with Gasteiger partial charge < -0.3 is 24.6 Å². The van der Waals surface area contributed by atoms with Gasteiger partial charge in [-0.05, 0) is 47.9 Å². The van der Waals surface area contributed by atoms with Crippen LogP contribution in [0.25, 0.3) is 10.8 Å². The molecule has 1 aliphatic carbocycles. The van der Waals surface area contributed by atoms with Crippen molar-refractivity contribution in [2.24, 2.45) is 5.92 Å². The molecule has 1 heterocycles. The number of carbonyl (C=O) groups is 3. The summed E-state index contributed by atoms with van der Waals surface area (Å²) in [5.74, 6) is 0.752. The molecule has 0 unspecified atom stereocenters. The number of ether oxygens (including phenoxy) is 2. The number of anilines is 1. The minimum absolute atomic E-state index is 0.0314. The molecule has 36 heavy (non-hydrogen) atoms. The molecule has 0 atom stereocenters. The highest BCUT2D eigenvalue weighted by Crippen LogP contribution is 2.32. The lowest BCUT2D eigenvalue weighted by Crippen LogP contribution is -2.50. The van der Waals surface area contributed by atoms with Gasteiger partial charge in [0.25, 0.3) is 11.8 Å². The van der Waals surface area contributed by atoms with Crippen molar-refractivity contribution in [1.82, 2.24) is 9.80 Å². The number of rotatable bonds is 6. The summed E-state index contributed by atoms with van der Waals surface area (Å²) in [5, 5.41) is 4.88. The Balaban J connectivity index is 1.33. The van der Waals surface area contributed by atoms with Crippen LogP contribution in [0.4, 0.5) is 5.69 Å². The number of nitrogens with one attached hydrogen (secondary N) is 1. The fourth-order valence-electron chi connectivity index (χ4n) is 4.53. The lowest BCUT2D eigenvalue weighted by Gasteiger charge is -2.35. The molecular weight excluding hydrogens is 458 g/mol. The monoisotopic (exact) mass is 487 g/mol. The molecule has 0 radical (unpaired) electrons. The minimum Gasteiger partial charge on any atom is -0.497 e. The maximum atomic E-state index is 13.6. The first-order valence-corrected chi connectivity index (χ1v) is 12.1. The van der Waals surface area contributed by atoms with Gasteiger partial charge in [0.1, 0.15) is 11.5 Å². The van der Waals surface area contributed by atoms with E-state index in [1.165, 1.54) is 7.11 Å². The van der Waals surface area contributed by atoms with E-state index in [9.17, 15) is 14.4 Å². The third kappa shape index (κ3) is 4.71. The lowest BCUT2D eigenvalue weighted by molar-refractivity contribution is -0.117. The number of methoxy groups -OCH3 is 2. The predicted molar refractivity (Wildman–Crippen MR) is 137 cm³/mol. The van der Waals surface area contributed by atoms with E-state index in [0.717, 1.165) is 23.6 Å². The van der Waals surface area contributed by atoms with E-state index in [0.29, 0.717) is 54.5 Å². The van der Waals surface area contributed by atoms with Gasteiger partial charge in [0.15, 0.2) is 0 Å². The molecule has 3 amide bonds. The van der Waals surface area contributed by atoms with Crippen molar-refractivity contribution in [3.8, 4) is 11.5 Å². The Morgan fingerprint density at radius 2 is 1.39 bits per heavy atom. The van der Waals surface area contributed by atoms with E-state index in [2.05, 4.69) is 5.32 Å². The summed E-state index contributed by atoms with van der Waals surface area (Å²) in [7, 11) is 3.08. The van der Waals surface area contributed by atoms with Gasteiger partial charge in [0.2, 0.25) is 5.91 Å². The van der Waals surface area contributed by atoms with Crippen LogP contribution in [0, 0.1) is 5.92 Å². The zero-order chi connectivity index (χ0) is 25.2. The molecular formula is C28H29N3O5. The van der Waals surface area contributed by atoms with E-state index in [4.69, 9.17) is 9.47 Å². The highest BCUT2D eigenvalue weighted by molar-refractivity contribution is 6.08. The lowest BCUT2D eigenvalue weighted by atomic mass is 10.0. The zero-order valence-electron chi connectivity index (χ0n) is 20.5. The number of hydrogen-bond donors (Lipinski definition) is 1. The van der Waals surface area contributed by atoms with Gasteiger partial charge in [-0.25, -0.2) is 0 Å². The Bertz CT molecular complexity index is 1330. The predicted octanol–water partition coefficient (Wildman–Crippen LogP) is 3.80. The number of benzene rings is 3. The van der Waals surface area contributed by atoms with Crippen LogP contribution in [0.15, 0.2) is 54.6 Å². The molecule has 8 heteroatoms. The van der Waals surface area contributed by atoms with E-state index in [-0.39, 0.29) is 23.6 Å². The van der Waals surface area contributed by atoms with E-state index in [1.807, 2.05) is 36.4 Å². The van der Waals surface area contributed by atoms with Crippen LogP contribution in [-0.4, -0.2) is 67.9 Å². The molecule has 186 valence electrons. The molecule has 1 aliphatic heterocycles. The normalized spacial score (nSPS) is 15.5. The van der Waals surface area contributed by atoms with Gasteiger partial charge in [-0.15, -0.1) is 0 Å². The number of nitrogens with zero attached hydrogens (tertiary/aromatic N) is 2. The largest absolute Gasteiger partial charge is 0.497 e. The highest BCUT2D eigenvalue weighted by atomic mass is 16.5. The van der Waals surface area contributed by atoms with E-state index < -0.39 is 0 Å². The quantitative estimate of drug-likeness (QED) is 0.571. The van der Waals surface area contributed by atoms with Crippen LogP contribution in [-0.2, 0) is 4.79 Å². The number of fused-ring (bicyclic) bond motifs is 1. The van der Waals surface area contributed by atoms with Crippen molar-refractivity contribution < 1.29 is 23.9 Å². The second-order valence-electron chi connectivity index (χ2n) is 9.16. The molecule has 0 aromatic heterocycles. The van der Waals surface area contributed by atoms with Crippen LogP contribution >= 0.6 is 0 Å². The summed E-state index contributed by atoms with van der Waals surface area (Å²) in [6.45, 7) is 1.59. The Kier molecular flexibility index (Phi) is 6.50. The van der Waals surface area contributed by atoms with Gasteiger partial charge >= 0.3 is 0 Å². The van der Waals surface area contributed by atoms with Crippen LogP contribution in [0.1, 0.15) is 33.6 Å². The molecule has 2 aliphatic rings. The second-order valence-corrected chi connectivity index (χ2v) is 9.16. The Morgan fingerprint density at radius 3 is 1.97 bits per heavy atom. The first-order chi connectivity index (χ1) is 17.5. The minimum atomic E-state index is -0.152. The van der Waals surface area contributed by atoms with Crippen molar-refractivity contribution in [2.75, 3.05) is 45.7 Å². The number of piperazine rings is 1. The van der Waals surface area contributed by atoms with Crippen LogP contribution in [0.5, 0.6) is 11.5 Å². The van der Waals surface area contributed by atoms with Crippen molar-refractivity contribution in [3.05, 3.63) is 65.7 Å². The molecule has 1 saturated heterocycles. The summed E-state index contributed by atoms with van der Waals surface area (Å²) in [5.41, 5.74) is 1.47.